The molecule has 0 bridgehead atoms. The topological polar surface area (TPSA) is 83.4 Å². The second-order valence-electron chi connectivity index (χ2n) is 4.34. The van der Waals surface area contributed by atoms with Crippen LogP contribution in [0, 0.1) is 0 Å². The number of hydrogen-bond donors (Lipinski definition) is 1. The van der Waals surface area contributed by atoms with Gasteiger partial charge in [0.15, 0.2) is 0 Å². The Hall–Kier alpha value is -1.98. The number of likely N-dealkylation sites (tertiary alicyclic amines) is 1. The molecule has 0 saturated carbocycles. The van der Waals surface area contributed by atoms with Gasteiger partial charge in [-0.2, -0.15) is 0 Å². The number of carboxylic acid groups (broad SMARTS) is 1. The quantitative estimate of drug-likeness (QED) is 0.862. The lowest BCUT2D eigenvalue weighted by Crippen LogP contribution is -2.52. The fourth-order valence-corrected chi connectivity index (χ4v) is 2.46. The van der Waals surface area contributed by atoms with Crippen LogP contribution in [0.3, 0.4) is 0 Å². The Morgan fingerprint density at radius 3 is 2.83 bits per heavy atom. The zero-order valence-corrected chi connectivity index (χ0v) is 10.2. The van der Waals surface area contributed by atoms with Crippen LogP contribution in [0.1, 0.15) is 36.7 Å². The first-order valence-corrected chi connectivity index (χ1v) is 5.93. The van der Waals surface area contributed by atoms with E-state index in [0.717, 1.165) is 0 Å². The van der Waals surface area contributed by atoms with Crippen LogP contribution in [0.15, 0.2) is 18.6 Å². The highest BCUT2D eigenvalue weighted by Crippen LogP contribution is 2.33. The van der Waals surface area contributed by atoms with E-state index < -0.39 is 11.5 Å². The molecule has 0 aliphatic carbocycles. The van der Waals surface area contributed by atoms with E-state index in [1.807, 2.05) is 0 Å². The van der Waals surface area contributed by atoms with Crippen molar-refractivity contribution in [2.24, 2.45) is 0 Å². The molecule has 1 aromatic rings. The van der Waals surface area contributed by atoms with Gasteiger partial charge in [-0.05, 0) is 19.3 Å². The summed E-state index contributed by atoms with van der Waals surface area (Å²) in [4.78, 5) is 32.9. The average molecular weight is 249 g/mol. The van der Waals surface area contributed by atoms with Crippen LogP contribution >= 0.6 is 0 Å². The van der Waals surface area contributed by atoms with E-state index in [9.17, 15) is 14.7 Å². The zero-order chi connectivity index (χ0) is 13.2. The van der Waals surface area contributed by atoms with E-state index in [-0.39, 0.29) is 11.6 Å². The van der Waals surface area contributed by atoms with Gasteiger partial charge in [0, 0.05) is 18.9 Å². The van der Waals surface area contributed by atoms with Crippen LogP contribution in [-0.2, 0) is 4.79 Å². The lowest BCUT2D eigenvalue weighted by atomic mass is 9.93. The van der Waals surface area contributed by atoms with Crippen LogP contribution in [0.4, 0.5) is 0 Å². The zero-order valence-electron chi connectivity index (χ0n) is 10.2. The number of amides is 1. The standard InChI is InChI=1S/C12H15N3O3/c1-2-12(11(17)18)4-3-7-15(12)10(16)9-8-13-5-6-14-9/h5-6,8H,2-4,7H2,1H3,(H,17,18). The molecule has 1 amide bonds. The molecular weight excluding hydrogens is 234 g/mol. The lowest BCUT2D eigenvalue weighted by Gasteiger charge is -2.33. The summed E-state index contributed by atoms with van der Waals surface area (Å²) in [7, 11) is 0. The lowest BCUT2D eigenvalue weighted by molar-refractivity contribution is -0.148. The van der Waals surface area contributed by atoms with Gasteiger partial charge in [-0.15, -0.1) is 0 Å². The highest BCUT2D eigenvalue weighted by Gasteiger charge is 2.48. The van der Waals surface area contributed by atoms with Crippen molar-refractivity contribution in [2.75, 3.05) is 6.54 Å². The van der Waals surface area contributed by atoms with E-state index in [4.69, 9.17) is 0 Å². The van der Waals surface area contributed by atoms with Gasteiger partial charge >= 0.3 is 5.97 Å². The van der Waals surface area contributed by atoms with Crippen molar-refractivity contribution in [1.82, 2.24) is 14.9 Å². The monoisotopic (exact) mass is 249 g/mol. The molecule has 1 fully saturated rings. The fourth-order valence-electron chi connectivity index (χ4n) is 2.46. The van der Waals surface area contributed by atoms with Crippen LogP contribution < -0.4 is 0 Å². The summed E-state index contributed by atoms with van der Waals surface area (Å²) in [6, 6.07) is 0. The van der Waals surface area contributed by atoms with Gasteiger partial charge in [0.25, 0.3) is 5.91 Å². The van der Waals surface area contributed by atoms with E-state index in [2.05, 4.69) is 9.97 Å². The van der Waals surface area contributed by atoms with Gasteiger partial charge in [-0.25, -0.2) is 9.78 Å². The molecule has 6 heteroatoms. The highest BCUT2D eigenvalue weighted by molar-refractivity contribution is 5.96. The van der Waals surface area contributed by atoms with Crippen LogP contribution in [0.2, 0.25) is 0 Å². The van der Waals surface area contributed by atoms with Crippen molar-refractivity contribution < 1.29 is 14.7 Å². The SMILES string of the molecule is CCC1(C(=O)O)CCCN1C(=O)c1cnccn1. The number of nitrogens with zero attached hydrogens (tertiary/aromatic N) is 3. The van der Waals surface area contributed by atoms with Crippen molar-refractivity contribution in [2.45, 2.75) is 31.7 Å². The summed E-state index contributed by atoms with van der Waals surface area (Å²) >= 11 is 0. The Morgan fingerprint density at radius 2 is 2.28 bits per heavy atom. The van der Waals surface area contributed by atoms with Crippen LogP contribution in [0.5, 0.6) is 0 Å². The summed E-state index contributed by atoms with van der Waals surface area (Å²) in [5.41, 5.74) is -0.896. The maximum atomic E-state index is 12.3. The number of carbonyl (C=O) groups excluding carboxylic acids is 1. The average Bonchev–Trinajstić information content (AvgIpc) is 2.84. The van der Waals surface area contributed by atoms with E-state index in [0.29, 0.717) is 25.8 Å². The van der Waals surface area contributed by atoms with Gasteiger partial charge in [-0.3, -0.25) is 9.78 Å². The summed E-state index contributed by atoms with van der Waals surface area (Å²) < 4.78 is 0. The van der Waals surface area contributed by atoms with Crippen molar-refractivity contribution in [3.63, 3.8) is 0 Å². The second kappa shape index (κ2) is 4.72. The van der Waals surface area contributed by atoms with Gasteiger partial charge in [0.2, 0.25) is 0 Å². The summed E-state index contributed by atoms with van der Waals surface area (Å²) in [6.07, 6.45) is 5.86. The molecule has 18 heavy (non-hydrogen) atoms. The predicted octanol–water partition coefficient (Wildman–Crippen LogP) is 0.946. The van der Waals surface area contributed by atoms with Crippen molar-refractivity contribution in [1.29, 1.82) is 0 Å². The first-order valence-electron chi connectivity index (χ1n) is 5.93. The van der Waals surface area contributed by atoms with Crippen molar-refractivity contribution >= 4 is 11.9 Å². The molecule has 96 valence electrons. The molecule has 0 radical (unpaired) electrons. The third-order valence-electron chi connectivity index (χ3n) is 3.50. The van der Waals surface area contributed by atoms with E-state index in [1.165, 1.54) is 23.5 Å². The molecule has 6 nitrogen and oxygen atoms in total. The molecule has 1 aliphatic rings. The largest absolute Gasteiger partial charge is 0.479 e. The second-order valence-corrected chi connectivity index (χ2v) is 4.34. The first kappa shape index (κ1) is 12.5. The molecule has 1 N–H and O–H groups in total. The van der Waals surface area contributed by atoms with Gasteiger partial charge in [0.05, 0.1) is 6.20 Å². The molecule has 1 atom stereocenters. The van der Waals surface area contributed by atoms with Gasteiger partial charge in [-0.1, -0.05) is 6.92 Å². The predicted molar refractivity (Wildman–Crippen MR) is 63.0 cm³/mol. The molecule has 0 spiro atoms. The third kappa shape index (κ3) is 1.83. The molecule has 1 unspecified atom stereocenters. The molecular formula is C12H15N3O3. The van der Waals surface area contributed by atoms with Gasteiger partial charge in [0.1, 0.15) is 11.2 Å². The Bertz CT molecular complexity index is 463. The number of rotatable bonds is 3. The Labute approximate surface area is 105 Å². The maximum Gasteiger partial charge on any atom is 0.329 e. The number of aromatic nitrogens is 2. The number of hydrogen-bond acceptors (Lipinski definition) is 4. The molecule has 1 saturated heterocycles. The highest BCUT2D eigenvalue weighted by atomic mass is 16.4. The maximum absolute atomic E-state index is 12.3. The smallest absolute Gasteiger partial charge is 0.329 e. The number of aliphatic carboxylic acids is 1. The van der Waals surface area contributed by atoms with Crippen molar-refractivity contribution in [3.8, 4) is 0 Å². The number of carboxylic acids is 1. The molecule has 0 aromatic carbocycles. The summed E-state index contributed by atoms with van der Waals surface area (Å²) in [5.74, 6) is -1.30. The summed E-state index contributed by atoms with van der Waals surface area (Å²) in [6.45, 7) is 2.24. The van der Waals surface area contributed by atoms with E-state index >= 15 is 0 Å². The minimum atomic E-state index is -1.09. The fraction of sp³-hybridized carbons (Fsp3) is 0.500. The molecule has 1 aliphatic heterocycles. The summed E-state index contributed by atoms with van der Waals surface area (Å²) in [5, 5.41) is 9.40. The Kier molecular flexibility index (Phi) is 3.27. The Morgan fingerprint density at radius 1 is 1.50 bits per heavy atom. The van der Waals surface area contributed by atoms with Crippen LogP contribution in [-0.4, -0.2) is 43.9 Å². The minimum absolute atomic E-state index is 0.193. The van der Waals surface area contributed by atoms with Crippen LogP contribution in [0.25, 0.3) is 0 Å². The number of carbonyl (C=O) groups is 2. The van der Waals surface area contributed by atoms with E-state index in [1.54, 1.807) is 6.92 Å². The normalized spacial score (nSPS) is 23.1. The van der Waals surface area contributed by atoms with Crippen molar-refractivity contribution in [3.05, 3.63) is 24.3 Å². The third-order valence-corrected chi connectivity index (χ3v) is 3.50. The minimum Gasteiger partial charge on any atom is -0.479 e. The van der Waals surface area contributed by atoms with Gasteiger partial charge < -0.3 is 10.0 Å². The Balaban J connectivity index is 2.33. The first-order chi connectivity index (χ1) is 8.62. The molecule has 2 rings (SSSR count). The molecule has 2 heterocycles. The molecule has 1 aromatic heterocycles.